The van der Waals surface area contributed by atoms with Gasteiger partial charge in [-0.15, -0.1) is 0 Å². The van der Waals surface area contributed by atoms with Crippen LogP contribution in [0, 0.1) is 6.07 Å². The van der Waals surface area contributed by atoms with Crippen LogP contribution in [0.4, 0.5) is 0 Å². The number of phenols is 1. The first kappa shape index (κ1) is 6.11. The van der Waals surface area contributed by atoms with Gasteiger partial charge in [0.1, 0.15) is 5.75 Å². The average molecular weight is 122 g/mol. The van der Waals surface area contributed by atoms with Crippen LogP contribution in [-0.4, -0.2) is 5.11 Å². The van der Waals surface area contributed by atoms with Crippen molar-refractivity contribution in [2.45, 2.75) is 6.54 Å². The molecule has 9 heavy (non-hydrogen) atoms. The molecule has 0 saturated carbocycles. The van der Waals surface area contributed by atoms with Gasteiger partial charge in [-0.05, 0) is 11.6 Å². The van der Waals surface area contributed by atoms with Gasteiger partial charge in [0, 0.05) is 12.6 Å². The molecule has 0 aliphatic heterocycles. The quantitative estimate of drug-likeness (QED) is 0.574. The smallest absolute Gasteiger partial charge is 0.123 e. The van der Waals surface area contributed by atoms with Crippen molar-refractivity contribution in [1.82, 2.24) is 0 Å². The molecule has 0 atom stereocenters. The van der Waals surface area contributed by atoms with Crippen molar-refractivity contribution < 1.29 is 5.11 Å². The van der Waals surface area contributed by atoms with E-state index in [4.69, 9.17) is 10.8 Å². The van der Waals surface area contributed by atoms with Crippen LogP contribution in [0.2, 0.25) is 0 Å². The van der Waals surface area contributed by atoms with E-state index < -0.39 is 0 Å². The molecule has 1 aromatic carbocycles. The van der Waals surface area contributed by atoms with E-state index in [0.717, 1.165) is 5.56 Å². The summed E-state index contributed by atoms with van der Waals surface area (Å²) in [6.07, 6.45) is 0. The Labute approximate surface area is 53.9 Å². The van der Waals surface area contributed by atoms with E-state index in [1.165, 1.54) is 0 Å². The highest BCUT2D eigenvalue weighted by molar-refractivity contribution is 5.24. The maximum atomic E-state index is 8.83. The molecule has 1 radical (unpaired) electrons. The molecule has 0 bridgehead atoms. The molecule has 3 N–H and O–H groups in total. The second kappa shape index (κ2) is 2.51. The molecule has 0 fully saturated rings. The normalized spacial score (nSPS) is 9.44. The van der Waals surface area contributed by atoms with Crippen molar-refractivity contribution in [2.75, 3.05) is 0 Å². The molecule has 2 heteroatoms. The first-order valence-corrected chi connectivity index (χ1v) is 2.73. The molecule has 0 aliphatic carbocycles. The average Bonchev–Trinajstić information content (AvgIpc) is 1.88. The Hall–Kier alpha value is -1.02. The summed E-state index contributed by atoms with van der Waals surface area (Å²) in [5.41, 5.74) is 6.11. The van der Waals surface area contributed by atoms with Crippen molar-refractivity contribution >= 4 is 0 Å². The van der Waals surface area contributed by atoms with Gasteiger partial charge in [-0.25, -0.2) is 0 Å². The number of hydrogen-bond donors (Lipinski definition) is 2. The van der Waals surface area contributed by atoms with Crippen LogP contribution in [-0.2, 0) is 6.54 Å². The highest BCUT2D eigenvalue weighted by Gasteiger charge is 1.89. The molecule has 1 aromatic rings. The Kier molecular flexibility index (Phi) is 1.70. The van der Waals surface area contributed by atoms with Gasteiger partial charge in [0.05, 0.1) is 0 Å². The minimum atomic E-state index is 0.151. The van der Waals surface area contributed by atoms with E-state index >= 15 is 0 Å². The summed E-state index contributed by atoms with van der Waals surface area (Å²) in [6.45, 7) is 0.425. The molecule has 0 spiro atoms. The Morgan fingerprint density at radius 2 is 2.33 bits per heavy atom. The third kappa shape index (κ3) is 1.44. The van der Waals surface area contributed by atoms with Gasteiger partial charge in [-0.2, -0.15) is 0 Å². The van der Waals surface area contributed by atoms with Gasteiger partial charge < -0.3 is 10.8 Å². The van der Waals surface area contributed by atoms with E-state index in [9.17, 15) is 0 Å². The van der Waals surface area contributed by atoms with Crippen LogP contribution in [0.25, 0.3) is 0 Å². The standard InChI is InChI=1S/C7H8NO/c8-5-6-2-1-3-7(9)4-6/h1-3,9H,5,8H2. The van der Waals surface area contributed by atoms with E-state index in [2.05, 4.69) is 6.07 Å². The number of benzene rings is 1. The van der Waals surface area contributed by atoms with Gasteiger partial charge in [0.25, 0.3) is 0 Å². The number of phenolic OH excluding ortho intramolecular Hbond substituents is 1. The fourth-order valence-corrected chi connectivity index (χ4v) is 0.622. The van der Waals surface area contributed by atoms with Crippen molar-refractivity contribution in [3.8, 4) is 5.75 Å². The van der Waals surface area contributed by atoms with E-state index in [1.54, 1.807) is 12.1 Å². The number of nitrogens with two attached hydrogens (primary N) is 1. The molecule has 2 nitrogen and oxygen atoms in total. The topological polar surface area (TPSA) is 46.2 Å². The summed E-state index contributed by atoms with van der Waals surface area (Å²) in [6, 6.07) is 7.82. The summed E-state index contributed by atoms with van der Waals surface area (Å²) in [5.74, 6) is 0.151. The van der Waals surface area contributed by atoms with Gasteiger partial charge in [0.15, 0.2) is 0 Å². The highest BCUT2D eigenvalue weighted by Crippen LogP contribution is 2.07. The van der Waals surface area contributed by atoms with Crippen molar-refractivity contribution in [2.24, 2.45) is 5.73 Å². The van der Waals surface area contributed by atoms with Crippen LogP contribution in [0.3, 0.4) is 0 Å². The summed E-state index contributed by atoms with van der Waals surface area (Å²) < 4.78 is 0. The zero-order chi connectivity index (χ0) is 6.69. The number of hydrogen-bond acceptors (Lipinski definition) is 2. The first-order chi connectivity index (χ1) is 4.33. The van der Waals surface area contributed by atoms with E-state index in [0.29, 0.717) is 6.54 Å². The lowest BCUT2D eigenvalue weighted by Crippen LogP contribution is -1.94. The molecule has 0 heterocycles. The Morgan fingerprint density at radius 1 is 1.56 bits per heavy atom. The SMILES string of the molecule is NCc1[c]c(O)ccc1. The first-order valence-electron chi connectivity index (χ1n) is 2.73. The summed E-state index contributed by atoms with van der Waals surface area (Å²) in [7, 11) is 0. The third-order valence-corrected chi connectivity index (χ3v) is 1.06. The molecule has 0 amide bonds. The van der Waals surface area contributed by atoms with Crippen LogP contribution in [0.15, 0.2) is 18.2 Å². The molecular formula is C7H8NO. The molecule has 1 rings (SSSR count). The van der Waals surface area contributed by atoms with Gasteiger partial charge in [-0.1, -0.05) is 12.1 Å². The minimum absolute atomic E-state index is 0.151. The monoisotopic (exact) mass is 122 g/mol. The van der Waals surface area contributed by atoms with Gasteiger partial charge in [-0.3, -0.25) is 0 Å². The Morgan fingerprint density at radius 3 is 2.78 bits per heavy atom. The zero-order valence-electron chi connectivity index (χ0n) is 4.96. The molecule has 0 saturated heterocycles. The Bertz CT molecular complexity index is 198. The van der Waals surface area contributed by atoms with Crippen LogP contribution in [0.1, 0.15) is 5.56 Å². The minimum Gasteiger partial charge on any atom is -0.507 e. The van der Waals surface area contributed by atoms with Crippen molar-refractivity contribution in [1.29, 1.82) is 0 Å². The van der Waals surface area contributed by atoms with Crippen molar-refractivity contribution in [3.05, 3.63) is 29.8 Å². The zero-order valence-corrected chi connectivity index (χ0v) is 4.96. The molecule has 0 unspecified atom stereocenters. The third-order valence-electron chi connectivity index (χ3n) is 1.06. The lowest BCUT2D eigenvalue weighted by molar-refractivity contribution is 0.473. The second-order valence-electron chi connectivity index (χ2n) is 1.77. The molecular weight excluding hydrogens is 114 g/mol. The summed E-state index contributed by atoms with van der Waals surface area (Å²) in [5, 5.41) is 8.83. The van der Waals surface area contributed by atoms with Crippen LogP contribution >= 0.6 is 0 Å². The molecule has 47 valence electrons. The summed E-state index contributed by atoms with van der Waals surface area (Å²) in [4.78, 5) is 0. The largest absolute Gasteiger partial charge is 0.507 e. The number of aromatic hydroxyl groups is 1. The maximum absolute atomic E-state index is 8.83. The maximum Gasteiger partial charge on any atom is 0.123 e. The second-order valence-corrected chi connectivity index (χ2v) is 1.77. The highest BCUT2D eigenvalue weighted by atomic mass is 16.3. The number of rotatable bonds is 1. The van der Waals surface area contributed by atoms with E-state index in [1.807, 2.05) is 6.07 Å². The predicted molar refractivity (Wildman–Crippen MR) is 34.8 cm³/mol. The molecule has 0 aromatic heterocycles. The fraction of sp³-hybridized carbons (Fsp3) is 0.143. The molecule has 0 aliphatic rings. The Balaban J connectivity index is 2.94. The predicted octanol–water partition coefficient (Wildman–Crippen LogP) is 0.651. The fourth-order valence-electron chi connectivity index (χ4n) is 0.622. The van der Waals surface area contributed by atoms with Crippen molar-refractivity contribution in [3.63, 3.8) is 0 Å². The van der Waals surface area contributed by atoms with E-state index in [-0.39, 0.29) is 5.75 Å². The van der Waals surface area contributed by atoms with Gasteiger partial charge >= 0.3 is 0 Å². The lowest BCUT2D eigenvalue weighted by atomic mass is 10.2. The summed E-state index contributed by atoms with van der Waals surface area (Å²) >= 11 is 0. The lowest BCUT2D eigenvalue weighted by Gasteiger charge is -1.93. The van der Waals surface area contributed by atoms with Crippen LogP contribution < -0.4 is 5.73 Å². The van der Waals surface area contributed by atoms with Gasteiger partial charge in [0.2, 0.25) is 0 Å². The van der Waals surface area contributed by atoms with Crippen LogP contribution in [0.5, 0.6) is 5.75 Å².